The third-order valence-electron chi connectivity index (χ3n) is 12.5. The lowest BCUT2D eigenvalue weighted by atomic mass is 9.96. The molecule has 0 aliphatic rings. The van der Waals surface area contributed by atoms with Gasteiger partial charge in [-0.15, -0.1) is 11.3 Å². The minimum atomic E-state index is 0.614. The maximum Gasteiger partial charge on any atom is 0.164 e. The van der Waals surface area contributed by atoms with Gasteiger partial charge in [0.25, 0.3) is 0 Å². The van der Waals surface area contributed by atoms with Crippen LogP contribution < -0.4 is 0 Å². The number of hydrogen-bond donors (Lipinski definition) is 0. The Labute approximate surface area is 372 Å². The Bertz CT molecular complexity index is 3890. The quantitative estimate of drug-likeness (QED) is 0.167. The fourth-order valence-electron chi connectivity index (χ4n) is 9.46. The van der Waals surface area contributed by atoms with Crippen molar-refractivity contribution in [1.29, 1.82) is 0 Å². The summed E-state index contributed by atoms with van der Waals surface area (Å²) in [6, 6.07) is 74.9. The summed E-state index contributed by atoms with van der Waals surface area (Å²) in [5.41, 5.74) is 11.5. The first-order chi connectivity index (χ1) is 31.7. The highest BCUT2D eigenvalue weighted by molar-refractivity contribution is 7.26. The zero-order valence-corrected chi connectivity index (χ0v) is 35.2. The molecule has 0 aliphatic heterocycles. The Balaban J connectivity index is 0.930. The summed E-state index contributed by atoms with van der Waals surface area (Å²) in [7, 11) is 0. The highest BCUT2D eigenvalue weighted by Gasteiger charge is 2.20. The zero-order chi connectivity index (χ0) is 42.1. The fraction of sp³-hybridized carbons (Fsp3) is 0. The van der Waals surface area contributed by atoms with E-state index >= 15 is 0 Å². The first-order valence-corrected chi connectivity index (χ1v) is 22.3. The van der Waals surface area contributed by atoms with Gasteiger partial charge >= 0.3 is 0 Å². The lowest BCUT2D eigenvalue weighted by Gasteiger charge is -2.13. The average Bonchev–Trinajstić information content (AvgIpc) is 3.93. The number of aromatic nitrogens is 5. The molecule has 0 fully saturated rings. The smallest absolute Gasteiger partial charge is 0.164 e. The van der Waals surface area contributed by atoms with Crippen molar-refractivity contribution in [2.75, 3.05) is 0 Å². The average molecular weight is 834 g/mol. The van der Waals surface area contributed by atoms with Gasteiger partial charge in [-0.1, -0.05) is 170 Å². The van der Waals surface area contributed by atoms with E-state index in [1.54, 1.807) is 0 Å². The first-order valence-electron chi connectivity index (χ1n) is 21.5. The summed E-state index contributed by atoms with van der Waals surface area (Å²) < 4.78 is 4.79. The van der Waals surface area contributed by atoms with Crippen LogP contribution in [0, 0.1) is 0 Å². The molecule has 6 heteroatoms. The van der Waals surface area contributed by atoms with E-state index < -0.39 is 0 Å². The second kappa shape index (κ2) is 14.7. The number of nitrogens with zero attached hydrogens (tertiary/aromatic N) is 5. The Kier molecular flexibility index (Phi) is 8.32. The van der Waals surface area contributed by atoms with Crippen molar-refractivity contribution in [2.24, 2.45) is 0 Å². The van der Waals surface area contributed by atoms with Crippen LogP contribution in [0.1, 0.15) is 0 Å². The summed E-state index contributed by atoms with van der Waals surface area (Å²) in [4.78, 5) is 20.8. The monoisotopic (exact) mass is 833 g/mol. The van der Waals surface area contributed by atoms with Gasteiger partial charge in [-0.3, -0.25) is 0 Å². The van der Waals surface area contributed by atoms with E-state index in [1.165, 1.54) is 52.8 Å². The van der Waals surface area contributed by atoms with Gasteiger partial charge in [-0.2, -0.15) is 0 Å². The summed E-state index contributed by atoms with van der Waals surface area (Å²) in [5.74, 6) is 1.86. The molecule has 0 unspecified atom stereocenters. The van der Waals surface area contributed by atoms with Crippen LogP contribution in [0.2, 0.25) is 0 Å². The molecule has 0 amide bonds. The molecule has 64 heavy (non-hydrogen) atoms. The van der Waals surface area contributed by atoms with Crippen molar-refractivity contribution >= 4 is 75.0 Å². The highest BCUT2D eigenvalue weighted by Crippen LogP contribution is 2.46. The molecule has 0 atom stereocenters. The Morgan fingerprint density at radius 2 is 0.844 bits per heavy atom. The molecule has 9 aromatic carbocycles. The largest absolute Gasteiger partial charge is 0.309 e. The summed E-state index contributed by atoms with van der Waals surface area (Å²) in [5, 5.41) is 8.52. The van der Waals surface area contributed by atoms with Crippen LogP contribution in [-0.2, 0) is 0 Å². The molecular weight excluding hydrogens is 799 g/mol. The molecule has 13 rings (SSSR count). The van der Waals surface area contributed by atoms with E-state index in [9.17, 15) is 0 Å². The van der Waals surface area contributed by atoms with Crippen LogP contribution in [-0.4, -0.2) is 24.5 Å². The normalized spacial score (nSPS) is 11.8. The lowest BCUT2D eigenvalue weighted by Crippen LogP contribution is -2.00. The van der Waals surface area contributed by atoms with Crippen molar-refractivity contribution in [3.8, 4) is 62.2 Å². The second-order valence-electron chi connectivity index (χ2n) is 16.2. The molecule has 4 heterocycles. The van der Waals surface area contributed by atoms with E-state index in [-0.39, 0.29) is 0 Å². The Hall–Kier alpha value is -8.32. The molecule has 13 aromatic rings. The molecular formula is C58H35N5S. The minimum absolute atomic E-state index is 0.614. The maximum absolute atomic E-state index is 5.59. The van der Waals surface area contributed by atoms with Gasteiger partial charge in [-0.25, -0.2) is 19.9 Å². The predicted octanol–water partition coefficient (Wildman–Crippen LogP) is 15.4. The molecule has 0 bridgehead atoms. The number of para-hydroxylation sites is 3. The number of thiophene rings is 1. The molecule has 5 nitrogen and oxygen atoms in total. The predicted molar refractivity (Wildman–Crippen MR) is 267 cm³/mol. The fourth-order valence-corrected chi connectivity index (χ4v) is 10.7. The lowest BCUT2D eigenvalue weighted by molar-refractivity contribution is 1.07. The Morgan fingerprint density at radius 1 is 0.344 bits per heavy atom. The summed E-state index contributed by atoms with van der Waals surface area (Å²) >= 11 is 1.82. The van der Waals surface area contributed by atoms with Gasteiger partial charge in [0.15, 0.2) is 17.5 Å². The van der Waals surface area contributed by atoms with Crippen LogP contribution in [0.5, 0.6) is 0 Å². The molecule has 0 saturated heterocycles. The van der Waals surface area contributed by atoms with Crippen LogP contribution in [0.3, 0.4) is 0 Å². The molecule has 0 aliphatic carbocycles. The number of fused-ring (bicyclic) bond motifs is 9. The molecule has 4 aromatic heterocycles. The zero-order valence-electron chi connectivity index (χ0n) is 34.4. The number of benzene rings is 9. The van der Waals surface area contributed by atoms with Gasteiger partial charge in [-0.05, 0) is 58.8 Å². The molecule has 0 N–H and O–H groups in total. The second-order valence-corrected chi connectivity index (χ2v) is 17.2. The topological polar surface area (TPSA) is 56.5 Å². The summed E-state index contributed by atoms with van der Waals surface area (Å²) in [6.45, 7) is 0. The SMILES string of the molecule is c1ccc(-c2nc(-c3ccc(-c4cccc5c4nc(-c4cccc6ccccc46)c4sc6ccccc6c45)cc3)nc(-c3ccc(-n4c5ccccc5c5ccccc54)cc3)n2)cc1. The van der Waals surface area contributed by atoms with Gasteiger partial charge < -0.3 is 4.57 Å². The van der Waals surface area contributed by atoms with Crippen molar-refractivity contribution in [1.82, 2.24) is 24.5 Å². The van der Waals surface area contributed by atoms with Crippen LogP contribution in [0.15, 0.2) is 212 Å². The number of hydrogen-bond acceptors (Lipinski definition) is 5. The van der Waals surface area contributed by atoms with E-state index in [1.807, 2.05) is 41.7 Å². The third kappa shape index (κ3) is 5.84. The molecule has 0 radical (unpaired) electrons. The van der Waals surface area contributed by atoms with Gasteiger partial charge in [0.1, 0.15) is 0 Å². The van der Waals surface area contributed by atoms with E-state index in [0.717, 1.165) is 55.7 Å². The minimum Gasteiger partial charge on any atom is -0.309 e. The maximum atomic E-state index is 5.59. The van der Waals surface area contributed by atoms with E-state index in [0.29, 0.717) is 17.5 Å². The molecule has 298 valence electrons. The Morgan fingerprint density at radius 3 is 1.55 bits per heavy atom. The van der Waals surface area contributed by atoms with Crippen molar-refractivity contribution in [3.05, 3.63) is 212 Å². The van der Waals surface area contributed by atoms with Gasteiger partial charge in [0.2, 0.25) is 0 Å². The van der Waals surface area contributed by atoms with E-state index in [2.05, 4.69) is 187 Å². The van der Waals surface area contributed by atoms with Crippen LogP contribution in [0.25, 0.3) is 126 Å². The first kappa shape index (κ1) is 36.3. The van der Waals surface area contributed by atoms with Crippen LogP contribution >= 0.6 is 11.3 Å². The molecule has 0 spiro atoms. The van der Waals surface area contributed by atoms with E-state index in [4.69, 9.17) is 19.9 Å². The standard InChI is InChI=1S/C58H35N5S/c1-2-15-38(16-3-1)56-60-57(62-58(61-56)40-32-34-41(35-33-40)63-49-25-9-6-19-44(49)45-20-7-10-26-50(45)63)39-30-28-37(29-31-39)43-22-13-24-48-52-47-21-8-11-27-51(47)64-55(52)54(59-53(43)48)46-23-12-17-36-14-4-5-18-42(36)46/h1-35H. The van der Waals surface area contributed by atoms with Crippen molar-refractivity contribution < 1.29 is 0 Å². The molecule has 0 saturated carbocycles. The summed E-state index contributed by atoms with van der Waals surface area (Å²) in [6.07, 6.45) is 0. The van der Waals surface area contributed by atoms with Crippen molar-refractivity contribution in [2.45, 2.75) is 0 Å². The van der Waals surface area contributed by atoms with Crippen LogP contribution in [0.4, 0.5) is 0 Å². The third-order valence-corrected chi connectivity index (χ3v) is 13.6. The number of pyridine rings is 1. The van der Waals surface area contributed by atoms with Gasteiger partial charge in [0.05, 0.1) is 26.9 Å². The number of rotatable bonds is 6. The van der Waals surface area contributed by atoms with Crippen molar-refractivity contribution in [3.63, 3.8) is 0 Å². The highest BCUT2D eigenvalue weighted by atomic mass is 32.1. The van der Waals surface area contributed by atoms with Gasteiger partial charge in [0, 0.05) is 65.1 Å².